The van der Waals surface area contributed by atoms with Crippen molar-refractivity contribution in [3.05, 3.63) is 48.4 Å². The number of nitrogen functional groups attached to an aromatic ring is 1. The van der Waals surface area contributed by atoms with Crippen molar-refractivity contribution < 1.29 is 0 Å². The van der Waals surface area contributed by atoms with Gasteiger partial charge in [-0.05, 0) is 61.7 Å². The summed E-state index contributed by atoms with van der Waals surface area (Å²) in [4.78, 5) is 8.49. The third kappa shape index (κ3) is 3.31. The van der Waals surface area contributed by atoms with Crippen LogP contribution in [0.2, 0.25) is 0 Å². The number of nitrogens with one attached hydrogen (secondary N) is 2. The minimum atomic E-state index is 0.215. The SMILES string of the molecule is Nc1cccnc1NC(c1ccncc1)C1CCNCC1. The van der Waals surface area contributed by atoms with Crippen molar-refractivity contribution in [2.24, 2.45) is 5.92 Å². The van der Waals surface area contributed by atoms with Crippen LogP contribution in [0.1, 0.15) is 24.4 Å². The molecular weight excluding hydrogens is 262 g/mol. The number of piperidine rings is 1. The lowest BCUT2D eigenvalue weighted by Gasteiger charge is -2.32. The molecule has 0 spiro atoms. The van der Waals surface area contributed by atoms with E-state index in [9.17, 15) is 0 Å². The van der Waals surface area contributed by atoms with Crippen LogP contribution in [0.3, 0.4) is 0 Å². The van der Waals surface area contributed by atoms with Crippen LogP contribution in [0, 0.1) is 5.92 Å². The van der Waals surface area contributed by atoms with Crippen LogP contribution in [0.15, 0.2) is 42.9 Å². The number of rotatable bonds is 4. The summed E-state index contributed by atoms with van der Waals surface area (Å²) in [6.45, 7) is 2.12. The monoisotopic (exact) mass is 283 g/mol. The normalized spacial score (nSPS) is 17.3. The Labute approximate surface area is 125 Å². The van der Waals surface area contributed by atoms with Gasteiger partial charge in [0.15, 0.2) is 0 Å². The van der Waals surface area contributed by atoms with Crippen LogP contribution in [0.5, 0.6) is 0 Å². The second-order valence-electron chi connectivity index (χ2n) is 5.43. The molecule has 0 amide bonds. The molecule has 4 N–H and O–H groups in total. The molecule has 2 aromatic heterocycles. The molecule has 3 heterocycles. The fourth-order valence-corrected chi connectivity index (χ4v) is 2.91. The number of hydrogen-bond donors (Lipinski definition) is 3. The first kappa shape index (κ1) is 13.8. The minimum Gasteiger partial charge on any atom is -0.396 e. The molecule has 2 aromatic rings. The summed E-state index contributed by atoms with van der Waals surface area (Å²) in [7, 11) is 0. The molecule has 21 heavy (non-hydrogen) atoms. The number of nitrogens with two attached hydrogens (primary N) is 1. The van der Waals surface area contributed by atoms with Gasteiger partial charge in [-0.3, -0.25) is 4.98 Å². The largest absolute Gasteiger partial charge is 0.396 e. The van der Waals surface area contributed by atoms with Crippen molar-refractivity contribution in [2.75, 3.05) is 24.1 Å². The topological polar surface area (TPSA) is 75.9 Å². The average Bonchev–Trinajstić information content (AvgIpc) is 2.56. The molecule has 0 bridgehead atoms. The molecule has 1 fully saturated rings. The average molecular weight is 283 g/mol. The molecule has 5 nitrogen and oxygen atoms in total. The van der Waals surface area contributed by atoms with Gasteiger partial charge in [-0.25, -0.2) is 4.98 Å². The van der Waals surface area contributed by atoms with Crippen LogP contribution in [0.25, 0.3) is 0 Å². The highest BCUT2D eigenvalue weighted by molar-refractivity contribution is 5.61. The van der Waals surface area contributed by atoms with Gasteiger partial charge >= 0.3 is 0 Å². The Hall–Kier alpha value is -2.14. The summed E-state index contributed by atoms with van der Waals surface area (Å²) < 4.78 is 0. The smallest absolute Gasteiger partial charge is 0.149 e. The second-order valence-corrected chi connectivity index (χ2v) is 5.43. The summed E-state index contributed by atoms with van der Waals surface area (Å²) in [5, 5.41) is 6.96. The van der Waals surface area contributed by atoms with E-state index < -0.39 is 0 Å². The third-order valence-corrected chi connectivity index (χ3v) is 4.05. The van der Waals surface area contributed by atoms with Crippen LogP contribution in [0.4, 0.5) is 11.5 Å². The van der Waals surface area contributed by atoms with Gasteiger partial charge < -0.3 is 16.4 Å². The Balaban J connectivity index is 1.87. The maximum absolute atomic E-state index is 6.03. The molecule has 110 valence electrons. The van der Waals surface area contributed by atoms with E-state index >= 15 is 0 Å². The van der Waals surface area contributed by atoms with Gasteiger partial charge in [0.2, 0.25) is 0 Å². The fraction of sp³-hybridized carbons (Fsp3) is 0.375. The number of pyridine rings is 2. The highest BCUT2D eigenvalue weighted by Crippen LogP contribution is 2.32. The zero-order valence-electron chi connectivity index (χ0n) is 12.0. The van der Waals surface area contributed by atoms with E-state index in [1.54, 1.807) is 6.20 Å². The molecule has 1 saturated heterocycles. The molecule has 0 aliphatic carbocycles. The number of nitrogens with zero attached hydrogens (tertiary/aromatic N) is 2. The zero-order chi connectivity index (χ0) is 14.5. The van der Waals surface area contributed by atoms with Crippen LogP contribution >= 0.6 is 0 Å². The molecule has 1 aliphatic heterocycles. The molecule has 1 unspecified atom stereocenters. The molecule has 1 atom stereocenters. The Morgan fingerprint density at radius 1 is 1.14 bits per heavy atom. The lowest BCUT2D eigenvalue weighted by Crippen LogP contribution is -2.33. The van der Waals surface area contributed by atoms with Crippen LogP contribution < -0.4 is 16.4 Å². The van der Waals surface area contributed by atoms with E-state index in [1.165, 1.54) is 5.56 Å². The quantitative estimate of drug-likeness (QED) is 0.802. The Morgan fingerprint density at radius 3 is 2.62 bits per heavy atom. The summed E-state index contributed by atoms with van der Waals surface area (Å²) in [5.74, 6) is 1.33. The summed E-state index contributed by atoms with van der Waals surface area (Å²) in [6.07, 6.45) is 7.74. The maximum Gasteiger partial charge on any atom is 0.149 e. The highest BCUT2D eigenvalue weighted by atomic mass is 15.0. The fourth-order valence-electron chi connectivity index (χ4n) is 2.91. The lowest BCUT2D eigenvalue weighted by molar-refractivity contribution is 0.335. The zero-order valence-corrected chi connectivity index (χ0v) is 12.0. The lowest BCUT2D eigenvalue weighted by atomic mass is 9.86. The highest BCUT2D eigenvalue weighted by Gasteiger charge is 2.25. The first-order valence-electron chi connectivity index (χ1n) is 7.42. The third-order valence-electron chi connectivity index (χ3n) is 4.05. The number of aromatic nitrogens is 2. The predicted molar refractivity (Wildman–Crippen MR) is 84.8 cm³/mol. The van der Waals surface area contributed by atoms with E-state index in [-0.39, 0.29) is 6.04 Å². The standard InChI is InChI=1S/C16H21N5/c17-14-2-1-7-20-16(14)21-15(12-3-8-18-9-4-12)13-5-10-19-11-6-13/h1-4,7-9,13,15,19H,5-6,10-11,17H2,(H,20,21). The van der Waals surface area contributed by atoms with Gasteiger partial charge in [0, 0.05) is 18.6 Å². The van der Waals surface area contributed by atoms with Crippen LogP contribution in [-0.2, 0) is 0 Å². The van der Waals surface area contributed by atoms with Gasteiger partial charge in [-0.15, -0.1) is 0 Å². The molecule has 3 rings (SSSR count). The molecule has 0 saturated carbocycles. The number of hydrogen-bond acceptors (Lipinski definition) is 5. The van der Waals surface area contributed by atoms with Gasteiger partial charge in [0.05, 0.1) is 11.7 Å². The van der Waals surface area contributed by atoms with Gasteiger partial charge in [0.1, 0.15) is 5.82 Å². The summed E-state index contributed by atoms with van der Waals surface area (Å²) >= 11 is 0. The van der Waals surface area contributed by atoms with Crippen molar-refractivity contribution in [3.63, 3.8) is 0 Å². The molecular formula is C16H21N5. The Bertz CT molecular complexity index is 566. The van der Waals surface area contributed by atoms with Crippen LogP contribution in [-0.4, -0.2) is 23.1 Å². The first-order chi connectivity index (χ1) is 10.3. The van der Waals surface area contributed by atoms with Crippen molar-refractivity contribution in [1.82, 2.24) is 15.3 Å². The van der Waals surface area contributed by atoms with Crippen molar-refractivity contribution in [2.45, 2.75) is 18.9 Å². The van der Waals surface area contributed by atoms with Crippen molar-refractivity contribution in [3.8, 4) is 0 Å². The summed E-state index contributed by atoms with van der Waals surface area (Å²) in [5.41, 5.74) is 7.95. The molecule has 0 radical (unpaired) electrons. The first-order valence-corrected chi connectivity index (χ1v) is 7.42. The van der Waals surface area contributed by atoms with Gasteiger partial charge in [-0.1, -0.05) is 0 Å². The number of anilines is 2. The molecule has 5 heteroatoms. The maximum atomic E-state index is 6.03. The van der Waals surface area contributed by atoms with E-state index in [2.05, 4.69) is 32.7 Å². The van der Waals surface area contributed by atoms with Crippen molar-refractivity contribution in [1.29, 1.82) is 0 Å². The van der Waals surface area contributed by atoms with Gasteiger partial charge in [0.25, 0.3) is 0 Å². The summed E-state index contributed by atoms with van der Waals surface area (Å²) in [6, 6.07) is 8.08. The van der Waals surface area contributed by atoms with E-state index in [0.29, 0.717) is 11.6 Å². The predicted octanol–water partition coefficient (Wildman–Crippen LogP) is 2.21. The Kier molecular flexibility index (Phi) is 4.31. The Morgan fingerprint density at radius 2 is 1.90 bits per heavy atom. The van der Waals surface area contributed by atoms with E-state index in [4.69, 9.17) is 5.73 Å². The van der Waals surface area contributed by atoms with Gasteiger partial charge in [-0.2, -0.15) is 0 Å². The van der Waals surface area contributed by atoms with Crippen molar-refractivity contribution >= 4 is 11.5 Å². The van der Waals surface area contributed by atoms with E-state index in [0.717, 1.165) is 31.7 Å². The van der Waals surface area contributed by atoms with E-state index in [1.807, 2.05) is 24.5 Å². The minimum absolute atomic E-state index is 0.215. The molecule has 1 aliphatic rings. The molecule has 0 aromatic carbocycles. The second kappa shape index (κ2) is 6.54.